The van der Waals surface area contributed by atoms with Crippen molar-refractivity contribution >= 4 is 33.7 Å². The second-order valence-electron chi connectivity index (χ2n) is 4.55. The molecule has 19 heavy (non-hydrogen) atoms. The average molecular weight is 293 g/mol. The van der Waals surface area contributed by atoms with Gasteiger partial charge in [-0.05, 0) is 30.8 Å². The van der Waals surface area contributed by atoms with Crippen LogP contribution < -0.4 is 10.6 Å². The van der Waals surface area contributed by atoms with E-state index in [1.54, 1.807) is 11.3 Å². The highest BCUT2D eigenvalue weighted by Gasteiger charge is 2.21. The van der Waals surface area contributed by atoms with Gasteiger partial charge in [-0.15, -0.1) is 22.7 Å². The average Bonchev–Trinajstić information content (AvgIpc) is 3.10. The van der Waals surface area contributed by atoms with Crippen LogP contribution in [0.5, 0.6) is 0 Å². The third kappa shape index (κ3) is 3.02. The molecule has 1 fully saturated rings. The number of rotatable bonds is 3. The van der Waals surface area contributed by atoms with E-state index >= 15 is 0 Å². The lowest BCUT2D eigenvalue weighted by Crippen LogP contribution is -2.37. The van der Waals surface area contributed by atoms with E-state index < -0.39 is 0 Å². The molecule has 6 heteroatoms. The Morgan fingerprint density at radius 3 is 3.16 bits per heavy atom. The number of nitrogens with zero attached hydrogens (tertiary/aromatic N) is 1. The highest BCUT2D eigenvalue weighted by molar-refractivity contribution is 7.16. The van der Waals surface area contributed by atoms with Crippen LogP contribution in [-0.4, -0.2) is 24.0 Å². The van der Waals surface area contributed by atoms with Crippen LogP contribution in [0.4, 0.5) is 5.13 Å². The predicted octanol–water partition coefficient (Wildman–Crippen LogP) is 2.81. The number of carbonyl (C=O) groups is 1. The summed E-state index contributed by atoms with van der Waals surface area (Å²) < 4.78 is 0. The highest BCUT2D eigenvalue weighted by Crippen LogP contribution is 2.28. The Labute approximate surface area is 119 Å². The van der Waals surface area contributed by atoms with Crippen molar-refractivity contribution in [2.45, 2.75) is 12.8 Å². The first kappa shape index (κ1) is 12.8. The van der Waals surface area contributed by atoms with Crippen molar-refractivity contribution in [3.63, 3.8) is 0 Å². The second-order valence-corrected chi connectivity index (χ2v) is 6.35. The zero-order chi connectivity index (χ0) is 13.1. The Bertz CT molecular complexity index is 544. The summed E-state index contributed by atoms with van der Waals surface area (Å²) in [6.45, 7) is 1.79. The molecule has 1 atom stereocenters. The minimum Gasteiger partial charge on any atom is -0.316 e. The van der Waals surface area contributed by atoms with E-state index in [-0.39, 0.29) is 11.8 Å². The lowest BCUT2D eigenvalue weighted by molar-refractivity contribution is -0.120. The first-order valence-corrected chi connectivity index (χ1v) is 8.10. The van der Waals surface area contributed by atoms with Crippen molar-refractivity contribution in [3.05, 3.63) is 22.9 Å². The zero-order valence-electron chi connectivity index (χ0n) is 10.4. The van der Waals surface area contributed by atoms with Crippen LogP contribution in [0.3, 0.4) is 0 Å². The van der Waals surface area contributed by atoms with Gasteiger partial charge in [0.1, 0.15) is 0 Å². The predicted molar refractivity (Wildman–Crippen MR) is 79.7 cm³/mol. The molecular weight excluding hydrogens is 278 g/mol. The number of anilines is 1. The first-order chi connectivity index (χ1) is 9.33. The summed E-state index contributed by atoms with van der Waals surface area (Å²) in [5, 5.41) is 10.9. The number of amides is 1. The van der Waals surface area contributed by atoms with E-state index in [1.807, 2.05) is 22.9 Å². The maximum Gasteiger partial charge on any atom is 0.230 e. The lowest BCUT2D eigenvalue weighted by Gasteiger charge is -2.21. The van der Waals surface area contributed by atoms with Gasteiger partial charge in [-0.1, -0.05) is 6.07 Å². The van der Waals surface area contributed by atoms with Gasteiger partial charge in [-0.3, -0.25) is 4.79 Å². The maximum absolute atomic E-state index is 12.1. The van der Waals surface area contributed by atoms with Crippen molar-refractivity contribution in [1.29, 1.82) is 0 Å². The smallest absolute Gasteiger partial charge is 0.230 e. The maximum atomic E-state index is 12.1. The largest absolute Gasteiger partial charge is 0.316 e. The van der Waals surface area contributed by atoms with Crippen molar-refractivity contribution in [1.82, 2.24) is 10.3 Å². The Balaban J connectivity index is 1.65. The molecule has 0 saturated carbocycles. The molecule has 3 heterocycles. The van der Waals surface area contributed by atoms with Gasteiger partial charge in [-0.25, -0.2) is 4.98 Å². The van der Waals surface area contributed by atoms with Gasteiger partial charge >= 0.3 is 0 Å². The van der Waals surface area contributed by atoms with E-state index in [4.69, 9.17) is 0 Å². The van der Waals surface area contributed by atoms with E-state index in [9.17, 15) is 4.79 Å². The summed E-state index contributed by atoms with van der Waals surface area (Å²) in [6, 6.07) is 4.04. The SMILES string of the molecule is O=C(Nc1nc(-c2cccs2)cs1)C1CCCNC1. The number of thiophene rings is 1. The molecule has 1 amide bonds. The first-order valence-electron chi connectivity index (χ1n) is 6.34. The number of hydrogen-bond acceptors (Lipinski definition) is 5. The Morgan fingerprint density at radius 1 is 1.47 bits per heavy atom. The van der Waals surface area contributed by atoms with Gasteiger partial charge in [0.05, 0.1) is 16.5 Å². The topological polar surface area (TPSA) is 54.0 Å². The van der Waals surface area contributed by atoms with E-state index in [0.717, 1.165) is 36.5 Å². The van der Waals surface area contributed by atoms with Gasteiger partial charge in [-0.2, -0.15) is 0 Å². The van der Waals surface area contributed by atoms with E-state index in [1.165, 1.54) is 11.3 Å². The molecule has 0 aromatic carbocycles. The Hall–Kier alpha value is -1.24. The highest BCUT2D eigenvalue weighted by atomic mass is 32.1. The van der Waals surface area contributed by atoms with Gasteiger partial charge < -0.3 is 10.6 Å². The number of hydrogen-bond donors (Lipinski definition) is 2. The molecule has 0 bridgehead atoms. The van der Waals surface area contributed by atoms with Crippen LogP contribution in [0.1, 0.15) is 12.8 Å². The number of nitrogens with one attached hydrogen (secondary N) is 2. The summed E-state index contributed by atoms with van der Waals surface area (Å²) >= 11 is 3.14. The lowest BCUT2D eigenvalue weighted by atomic mass is 9.99. The normalized spacial score (nSPS) is 19.3. The Morgan fingerprint density at radius 2 is 2.42 bits per heavy atom. The molecule has 2 N–H and O–H groups in total. The molecule has 1 saturated heterocycles. The van der Waals surface area contributed by atoms with Crippen molar-refractivity contribution in [3.8, 4) is 10.6 Å². The summed E-state index contributed by atoms with van der Waals surface area (Å²) in [5.74, 6) is 0.155. The summed E-state index contributed by atoms with van der Waals surface area (Å²) in [5.41, 5.74) is 0.942. The minimum atomic E-state index is 0.0721. The number of aromatic nitrogens is 1. The van der Waals surface area contributed by atoms with Crippen molar-refractivity contribution in [2.24, 2.45) is 5.92 Å². The Kier molecular flexibility index (Phi) is 3.91. The van der Waals surface area contributed by atoms with Crippen molar-refractivity contribution in [2.75, 3.05) is 18.4 Å². The fourth-order valence-electron chi connectivity index (χ4n) is 2.15. The second kappa shape index (κ2) is 5.81. The molecule has 3 rings (SSSR count). The van der Waals surface area contributed by atoms with Crippen LogP contribution >= 0.6 is 22.7 Å². The molecule has 1 aliphatic heterocycles. The molecule has 2 aromatic rings. The molecular formula is C13H15N3OS2. The quantitative estimate of drug-likeness (QED) is 0.915. The molecule has 0 aliphatic carbocycles. The zero-order valence-corrected chi connectivity index (χ0v) is 12.0. The van der Waals surface area contributed by atoms with E-state index in [0.29, 0.717) is 5.13 Å². The molecule has 4 nitrogen and oxygen atoms in total. The van der Waals surface area contributed by atoms with Gasteiger partial charge in [0, 0.05) is 11.9 Å². The van der Waals surface area contributed by atoms with Crippen LogP contribution in [-0.2, 0) is 4.79 Å². The standard InChI is InChI=1S/C13H15N3OS2/c17-12(9-3-1-5-14-7-9)16-13-15-10(8-19-13)11-4-2-6-18-11/h2,4,6,8-9,14H,1,3,5,7H2,(H,15,16,17). The fourth-order valence-corrected chi connectivity index (χ4v) is 3.63. The van der Waals surface area contributed by atoms with Crippen molar-refractivity contribution < 1.29 is 4.79 Å². The minimum absolute atomic E-state index is 0.0721. The van der Waals surface area contributed by atoms with Gasteiger partial charge in [0.15, 0.2) is 5.13 Å². The third-order valence-electron chi connectivity index (χ3n) is 3.18. The monoisotopic (exact) mass is 293 g/mol. The molecule has 1 unspecified atom stereocenters. The molecule has 1 aliphatic rings. The fraction of sp³-hybridized carbons (Fsp3) is 0.385. The summed E-state index contributed by atoms with van der Waals surface area (Å²) in [4.78, 5) is 17.7. The van der Waals surface area contributed by atoms with Gasteiger partial charge in [0.2, 0.25) is 5.91 Å². The number of piperidine rings is 1. The molecule has 2 aromatic heterocycles. The van der Waals surface area contributed by atoms with Crippen LogP contribution in [0, 0.1) is 5.92 Å². The van der Waals surface area contributed by atoms with Crippen LogP contribution in [0.15, 0.2) is 22.9 Å². The molecule has 100 valence electrons. The number of carbonyl (C=O) groups excluding carboxylic acids is 1. The van der Waals surface area contributed by atoms with E-state index in [2.05, 4.69) is 15.6 Å². The summed E-state index contributed by atoms with van der Waals surface area (Å²) in [7, 11) is 0. The summed E-state index contributed by atoms with van der Waals surface area (Å²) in [6.07, 6.45) is 2.03. The molecule has 0 spiro atoms. The number of thiazole rings is 1. The van der Waals surface area contributed by atoms with Crippen LogP contribution in [0.2, 0.25) is 0 Å². The third-order valence-corrected chi connectivity index (χ3v) is 4.83. The van der Waals surface area contributed by atoms with Gasteiger partial charge in [0.25, 0.3) is 0 Å². The molecule has 0 radical (unpaired) electrons. The van der Waals surface area contributed by atoms with Crippen LogP contribution in [0.25, 0.3) is 10.6 Å².